The molecule has 0 fully saturated rings. The topological polar surface area (TPSA) is 157 Å². The van der Waals surface area contributed by atoms with Crippen LogP contribution in [0.2, 0.25) is 0 Å². The second-order valence-corrected chi connectivity index (χ2v) is 6.53. The average Bonchev–Trinajstić information content (AvgIpc) is 2.07. The van der Waals surface area contributed by atoms with E-state index >= 15 is 0 Å². The Bertz CT molecular complexity index is 427. The normalized spacial score (nSPS) is 12.3. The van der Waals surface area contributed by atoms with Crippen molar-refractivity contribution >= 4 is 34.7 Å². The van der Waals surface area contributed by atoms with E-state index in [1.165, 1.54) is 4.90 Å². The van der Waals surface area contributed by atoms with E-state index in [-0.39, 0.29) is 56.8 Å². The van der Waals surface area contributed by atoms with E-state index in [0.29, 0.717) is 6.54 Å². The van der Waals surface area contributed by atoms with Gasteiger partial charge >= 0.3 is 47.9 Å². The van der Waals surface area contributed by atoms with Crippen molar-refractivity contribution in [2.24, 2.45) is 15.3 Å². The molecule has 0 atom stereocenters. The van der Waals surface area contributed by atoms with Crippen molar-refractivity contribution in [3.8, 4) is 0 Å². The van der Waals surface area contributed by atoms with Gasteiger partial charge in [-0.3, -0.25) is 0 Å². The Balaban J connectivity index is -0.00000128. The molecular formula is C5H13Li2N4O5PS2. The standard InChI is InChI=1S/C5H15N4O5PS2.2Li/c1-2-9(3-4-14-15(10,11)16)5(6)8-17(7,12)13;;/h2-4H2,1H3,(H2,6,8)(H2,7,12,13)(H2,10,11,16);;/q;2*+1/p-2. The van der Waals surface area contributed by atoms with Crippen LogP contribution in [0, 0.1) is 0 Å². The van der Waals surface area contributed by atoms with Crippen molar-refractivity contribution in [2.75, 3.05) is 19.7 Å². The zero-order valence-electron chi connectivity index (χ0n) is 11.0. The molecule has 0 aromatic carbocycles. The van der Waals surface area contributed by atoms with Gasteiger partial charge in [-0.1, -0.05) is 6.72 Å². The van der Waals surface area contributed by atoms with E-state index in [1.807, 2.05) is 0 Å². The van der Waals surface area contributed by atoms with E-state index < -0.39 is 16.9 Å². The molecule has 19 heavy (non-hydrogen) atoms. The SMILES string of the molecule is CCN(CCOP([O-])([O-])=S)C(N)=NS(N)(=O)=O.[Li+].[Li+]. The maximum atomic E-state index is 10.6. The monoisotopic (exact) mass is 318 g/mol. The summed E-state index contributed by atoms with van der Waals surface area (Å²) in [6, 6.07) is 0. The summed E-state index contributed by atoms with van der Waals surface area (Å²) in [6.07, 6.45) is 0. The molecule has 0 bridgehead atoms. The van der Waals surface area contributed by atoms with Gasteiger partial charge in [0.2, 0.25) is 5.96 Å². The molecular weight excluding hydrogens is 305 g/mol. The molecule has 0 aromatic rings. The molecule has 9 nitrogen and oxygen atoms in total. The van der Waals surface area contributed by atoms with E-state index in [2.05, 4.69) is 25.9 Å². The molecule has 0 saturated heterocycles. The third-order valence-electron chi connectivity index (χ3n) is 1.54. The van der Waals surface area contributed by atoms with Crippen LogP contribution < -0.4 is 58.4 Å². The van der Waals surface area contributed by atoms with Gasteiger partial charge < -0.3 is 24.9 Å². The van der Waals surface area contributed by atoms with Gasteiger partial charge in [0.05, 0.1) is 6.61 Å². The Hall–Kier alpha value is 0.905. The van der Waals surface area contributed by atoms with Gasteiger partial charge in [0.1, 0.15) is 0 Å². The summed E-state index contributed by atoms with van der Waals surface area (Å²) >= 11 is 4.01. The van der Waals surface area contributed by atoms with Gasteiger partial charge in [0.15, 0.2) is 0 Å². The van der Waals surface area contributed by atoms with Crippen LogP contribution in [0.1, 0.15) is 6.92 Å². The summed E-state index contributed by atoms with van der Waals surface area (Å²) in [4.78, 5) is 22.3. The first-order valence-corrected chi connectivity index (χ1v) is 8.41. The van der Waals surface area contributed by atoms with Crippen LogP contribution in [0.5, 0.6) is 0 Å². The van der Waals surface area contributed by atoms with Crippen molar-refractivity contribution in [3.05, 3.63) is 0 Å². The minimum atomic E-state index is -4.22. The number of rotatable bonds is 6. The summed E-state index contributed by atoms with van der Waals surface area (Å²) in [5, 5.41) is 4.66. The fraction of sp³-hybridized carbons (Fsp3) is 0.800. The Kier molecular flexibility index (Phi) is 13.9. The Morgan fingerprint density at radius 3 is 2.26 bits per heavy atom. The molecule has 0 aliphatic carbocycles. The first-order valence-electron chi connectivity index (χ1n) is 4.35. The fourth-order valence-electron chi connectivity index (χ4n) is 0.886. The zero-order chi connectivity index (χ0) is 13.7. The van der Waals surface area contributed by atoms with E-state index in [4.69, 9.17) is 5.73 Å². The molecule has 0 radical (unpaired) electrons. The van der Waals surface area contributed by atoms with Crippen molar-refractivity contribution in [2.45, 2.75) is 6.92 Å². The van der Waals surface area contributed by atoms with E-state index in [1.54, 1.807) is 6.92 Å². The summed E-state index contributed by atoms with van der Waals surface area (Å²) in [5.41, 5.74) is 5.35. The van der Waals surface area contributed by atoms with Crippen molar-refractivity contribution < 1.29 is 60.4 Å². The van der Waals surface area contributed by atoms with Gasteiger partial charge in [-0.2, -0.15) is 8.42 Å². The number of nitrogens with zero attached hydrogens (tertiary/aromatic N) is 2. The number of guanidine groups is 1. The second-order valence-electron chi connectivity index (χ2n) is 2.82. The Morgan fingerprint density at radius 1 is 1.47 bits per heavy atom. The van der Waals surface area contributed by atoms with Crippen LogP contribution in [0.3, 0.4) is 0 Å². The van der Waals surface area contributed by atoms with Crippen LogP contribution >= 0.6 is 6.72 Å². The predicted molar refractivity (Wildman–Crippen MR) is 62.2 cm³/mol. The molecule has 0 spiro atoms. The van der Waals surface area contributed by atoms with Gasteiger partial charge in [-0.15, -0.1) is 16.2 Å². The molecule has 0 aliphatic heterocycles. The maximum Gasteiger partial charge on any atom is 1.00 e. The molecule has 0 heterocycles. The predicted octanol–water partition coefficient (Wildman–Crippen LogP) is -9.20. The first-order chi connectivity index (χ1) is 7.55. The van der Waals surface area contributed by atoms with Gasteiger partial charge in [-0.05, 0) is 6.92 Å². The van der Waals surface area contributed by atoms with Crippen molar-refractivity contribution in [3.63, 3.8) is 0 Å². The number of hydrogen-bond donors (Lipinski definition) is 2. The molecule has 102 valence electrons. The minimum Gasteiger partial charge on any atom is -0.812 e. The average molecular weight is 318 g/mol. The summed E-state index contributed by atoms with van der Waals surface area (Å²) < 4.78 is 28.6. The molecule has 0 saturated carbocycles. The second kappa shape index (κ2) is 10.6. The summed E-state index contributed by atoms with van der Waals surface area (Å²) in [5.74, 6) is -0.344. The zero-order valence-corrected chi connectivity index (χ0v) is 13.5. The van der Waals surface area contributed by atoms with Crippen LogP contribution in [0.15, 0.2) is 4.40 Å². The van der Waals surface area contributed by atoms with Gasteiger partial charge in [-0.25, -0.2) is 5.14 Å². The molecule has 0 aromatic heterocycles. The fourth-order valence-corrected chi connectivity index (χ4v) is 1.79. The summed E-state index contributed by atoms with van der Waals surface area (Å²) in [7, 11) is -4.09. The third-order valence-corrected chi connectivity index (χ3v) is 2.79. The molecule has 0 amide bonds. The maximum absolute atomic E-state index is 10.6. The van der Waals surface area contributed by atoms with Crippen LogP contribution in [-0.4, -0.2) is 39.0 Å². The molecule has 4 N–H and O–H groups in total. The summed E-state index contributed by atoms with van der Waals surface area (Å²) in [6.45, 7) is -2.49. The third kappa shape index (κ3) is 15.1. The smallest absolute Gasteiger partial charge is 0.812 e. The largest absolute Gasteiger partial charge is 1.00 e. The molecule has 0 rings (SSSR count). The molecule has 0 unspecified atom stereocenters. The Morgan fingerprint density at radius 2 is 1.95 bits per heavy atom. The first kappa shape index (κ1) is 24.9. The number of hydrogen-bond acceptors (Lipinski definition) is 6. The quantitative estimate of drug-likeness (QED) is 0.211. The molecule has 14 heteroatoms. The Labute approximate surface area is 141 Å². The molecule has 0 aliphatic rings. The van der Waals surface area contributed by atoms with E-state index in [0.717, 1.165) is 0 Å². The van der Waals surface area contributed by atoms with Crippen LogP contribution in [-0.2, 0) is 26.5 Å². The van der Waals surface area contributed by atoms with Gasteiger partial charge in [0.25, 0.3) is 0 Å². The van der Waals surface area contributed by atoms with Crippen molar-refractivity contribution in [1.29, 1.82) is 0 Å². The number of nitrogens with two attached hydrogens (primary N) is 2. The van der Waals surface area contributed by atoms with Gasteiger partial charge in [0, 0.05) is 13.1 Å². The van der Waals surface area contributed by atoms with Crippen LogP contribution in [0.25, 0.3) is 0 Å². The van der Waals surface area contributed by atoms with Crippen molar-refractivity contribution in [1.82, 2.24) is 4.90 Å². The number of likely N-dealkylation sites (N-methyl/N-ethyl adjacent to an activating group) is 1. The van der Waals surface area contributed by atoms with Crippen LogP contribution in [0.4, 0.5) is 0 Å². The van der Waals surface area contributed by atoms with E-state index in [9.17, 15) is 18.2 Å². The minimum absolute atomic E-state index is 0.